The lowest BCUT2D eigenvalue weighted by Crippen LogP contribution is -2.39. The van der Waals surface area contributed by atoms with E-state index in [1.165, 1.54) is 16.7 Å². The summed E-state index contributed by atoms with van der Waals surface area (Å²) in [5.74, 6) is 1.000. The molecule has 0 saturated carbocycles. The van der Waals surface area contributed by atoms with E-state index in [4.69, 9.17) is 9.72 Å². The van der Waals surface area contributed by atoms with Gasteiger partial charge in [0.15, 0.2) is 0 Å². The molecule has 0 spiro atoms. The third-order valence-electron chi connectivity index (χ3n) is 5.96. The largest absolute Gasteiger partial charge is 0.378 e. The minimum atomic E-state index is -0.0576. The van der Waals surface area contributed by atoms with Crippen LogP contribution in [0.15, 0.2) is 29.1 Å². The van der Waals surface area contributed by atoms with Crippen molar-refractivity contribution in [2.24, 2.45) is 0 Å². The van der Waals surface area contributed by atoms with Crippen molar-refractivity contribution in [3.8, 4) is 0 Å². The molecule has 2 saturated heterocycles. The number of morpholine rings is 1. The molecule has 0 bridgehead atoms. The number of aromatic nitrogens is 2. The van der Waals surface area contributed by atoms with Crippen LogP contribution in [0.5, 0.6) is 0 Å². The lowest BCUT2D eigenvalue weighted by atomic mass is 9.94. The lowest BCUT2D eigenvalue weighted by molar-refractivity contribution is 0.122. The monoisotopic (exact) mass is 382 g/mol. The lowest BCUT2D eigenvalue weighted by Gasteiger charge is -2.33. The Morgan fingerprint density at radius 3 is 2.75 bits per heavy atom. The molecule has 2 fully saturated rings. The van der Waals surface area contributed by atoms with Gasteiger partial charge in [0.25, 0.3) is 5.56 Å². The molecule has 2 aromatic rings. The van der Waals surface area contributed by atoms with E-state index in [9.17, 15) is 4.79 Å². The van der Waals surface area contributed by atoms with Gasteiger partial charge in [0.05, 0.1) is 18.9 Å². The zero-order valence-corrected chi connectivity index (χ0v) is 16.9. The Balaban J connectivity index is 1.48. The number of ether oxygens (including phenoxy) is 1. The Labute approximate surface area is 166 Å². The number of likely N-dealkylation sites (tertiary alicyclic amines) is 1. The Kier molecular flexibility index (Phi) is 5.78. The van der Waals surface area contributed by atoms with Crippen molar-refractivity contribution in [1.29, 1.82) is 0 Å². The Morgan fingerprint density at radius 2 is 1.96 bits per heavy atom. The number of hydrogen-bond donors (Lipinski definition) is 1. The first-order valence-corrected chi connectivity index (χ1v) is 10.3. The first-order valence-electron chi connectivity index (χ1n) is 10.3. The second kappa shape index (κ2) is 8.45. The van der Waals surface area contributed by atoms with Crippen LogP contribution in [0, 0.1) is 13.8 Å². The zero-order valence-electron chi connectivity index (χ0n) is 16.9. The van der Waals surface area contributed by atoms with Crippen molar-refractivity contribution >= 4 is 5.95 Å². The molecule has 0 amide bonds. The van der Waals surface area contributed by atoms with Crippen molar-refractivity contribution in [3.05, 3.63) is 57.0 Å². The molecular formula is C22H30N4O2. The van der Waals surface area contributed by atoms with Gasteiger partial charge in [-0.15, -0.1) is 0 Å². The van der Waals surface area contributed by atoms with Crippen LogP contribution >= 0.6 is 0 Å². The van der Waals surface area contributed by atoms with Crippen molar-refractivity contribution in [2.75, 3.05) is 44.3 Å². The molecule has 1 unspecified atom stereocenters. The van der Waals surface area contributed by atoms with Gasteiger partial charge in [-0.25, -0.2) is 4.98 Å². The van der Waals surface area contributed by atoms with Crippen LogP contribution in [-0.4, -0.2) is 54.3 Å². The topological polar surface area (TPSA) is 61.5 Å². The molecule has 6 heteroatoms. The van der Waals surface area contributed by atoms with Gasteiger partial charge < -0.3 is 9.64 Å². The number of nitrogens with zero attached hydrogens (tertiary/aromatic N) is 3. The number of H-pyrrole nitrogens is 1. The van der Waals surface area contributed by atoms with Crippen LogP contribution in [-0.2, 0) is 11.3 Å². The fourth-order valence-corrected chi connectivity index (χ4v) is 4.20. The van der Waals surface area contributed by atoms with Gasteiger partial charge in [-0.3, -0.25) is 14.7 Å². The fourth-order valence-electron chi connectivity index (χ4n) is 4.20. The van der Waals surface area contributed by atoms with Crippen molar-refractivity contribution < 1.29 is 4.74 Å². The summed E-state index contributed by atoms with van der Waals surface area (Å²) >= 11 is 0. The number of nitrogens with one attached hydrogen (secondary N) is 1. The van der Waals surface area contributed by atoms with E-state index in [0.29, 0.717) is 25.1 Å². The third-order valence-corrected chi connectivity index (χ3v) is 5.96. The molecule has 2 aliphatic heterocycles. The van der Waals surface area contributed by atoms with E-state index in [-0.39, 0.29) is 5.56 Å². The van der Waals surface area contributed by atoms with Gasteiger partial charge in [0.1, 0.15) is 0 Å². The van der Waals surface area contributed by atoms with Crippen LogP contribution in [0.25, 0.3) is 0 Å². The van der Waals surface area contributed by atoms with E-state index in [1.807, 2.05) is 0 Å². The second-order valence-corrected chi connectivity index (χ2v) is 8.09. The standard InChI is InChI=1S/C22H30N4O2/c1-16-5-6-18(12-17(16)2)14-25-7-3-4-19(15-25)20-13-21(27)24-22(23-20)26-8-10-28-11-9-26/h5-6,12-13,19H,3-4,7-11,14-15H2,1-2H3,(H,23,24,27). The molecule has 28 heavy (non-hydrogen) atoms. The maximum Gasteiger partial charge on any atom is 0.252 e. The van der Waals surface area contributed by atoms with E-state index in [0.717, 1.165) is 51.3 Å². The van der Waals surface area contributed by atoms with Gasteiger partial charge in [0, 0.05) is 38.2 Å². The summed E-state index contributed by atoms with van der Waals surface area (Å²) in [4.78, 5) is 24.6. The van der Waals surface area contributed by atoms with Crippen LogP contribution < -0.4 is 10.5 Å². The van der Waals surface area contributed by atoms with Crippen molar-refractivity contribution in [3.63, 3.8) is 0 Å². The first kappa shape index (κ1) is 19.2. The Bertz CT molecular complexity index is 873. The summed E-state index contributed by atoms with van der Waals surface area (Å²) in [5.41, 5.74) is 4.91. The van der Waals surface area contributed by atoms with Gasteiger partial charge in [-0.05, 0) is 49.9 Å². The Hall–Kier alpha value is -2.18. The summed E-state index contributed by atoms with van der Waals surface area (Å²) in [6, 6.07) is 8.42. The molecule has 1 N–H and O–H groups in total. The minimum absolute atomic E-state index is 0.0576. The number of rotatable bonds is 4. The first-order chi connectivity index (χ1) is 13.6. The number of piperidine rings is 1. The summed E-state index contributed by atoms with van der Waals surface area (Å²) < 4.78 is 5.42. The fraction of sp³-hybridized carbons (Fsp3) is 0.545. The normalized spacial score (nSPS) is 21.1. The van der Waals surface area contributed by atoms with Gasteiger partial charge >= 0.3 is 0 Å². The molecule has 3 heterocycles. The molecule has 150 valence electrons. The van der Waals surface area contributed by atoms with E-state index in [2.05, 4.69) is 46.8 Å². The van der Waals surface area contributed by atoms with E-state index < -0.39 is 0 Å². The number of aromatic amines is 1. The smallest absolute Gasteiger partial charge is 0.252 e. The number of hydrogen-bond acceptors (Lipinski definition) is 5. The van der Waals surface area contributed by atoms with Gasteiger partial charge in [-0.2, -0.15) is 0 Å². The summed E-state index contributed by atoms with van der Waals surface area (Å²) in [6.07, 6.45) is 2.22. The molecule has 1 atom stereocenters. The summed E-state index contributed by atoms with van der Waals surface area (Å²) in [5, 5.41) is 0. The van der Waals surface area contributed by atoms with Crippen LogP contribution in [0.3, 0.4) is 0 Å². The van der Waals surface area contributed by atoms with Crippen LogP contribution in [0.2, 0.25) is 0 Å². The summed E-state index contributed by atoms with van der Waals surface area (Å²) in [7, 11) is 0. The quantitative estimate of drug-likeness (QED) is 0.881. The highest BCUT2D eigenvalue weighted by Crippen LogP contribution is 2.27. The Morgan fingerprint density at radius 1 is 1.14 bits per heavy atom. The molecule has 1 aromatic carbocycles. The molecule has 2 aliphatic rings. The highest BCUT2D eigenvalue weighted by molar-refractivity contribution is 5.32. The molecular weight excluding hydrogens is 352 g/mol. The maximum absolute atomic E-state index is 12.3. The van der Waals surface area contributed by atoms with E-state index in [1.54, 1.807) is 6.07 Å². The van der Waals surface area contributed by atoms with Crippen molar-refractivity contribution in [1.82, 2.24) is 14.9 Å². The van der Waals surface area contributed by atoms with Crippen molar-refractivity contribution in [2.45, 2.75) is 39.2 Å². The molecule has 4 rings (SSSR count). The molecule has 6 nitrogen and oxygen atoms in total. The molecule has 0 aliphatic carbocycles. The third kappa shape index (κ3) is 4.45. The number of aryl methyl sites for hydroxylation is 2. The van der Waals surface area contributed by atoms with Crippen LogP contribution in [0.4, 0.5) is 5.95 Å². The predicted octanol–water partition coefficient (Wildman–Crippen LogP) is 2.60. The predicted molar refractivity (Wildman–Crippen MR) is 111 cm³/mol. The average Bonchev–Trinajstić information content (AvgIpc) is 2.71. The molecule has 1 aromatic heterocycles. The van der Waals surface area contributed by atoms with Crippen LogP contribution in [0.1, 0.15) is 41.1 Å². The van der Waals surface area contributed by atoms with E-state index >= 15 is 0 Å². The van der Waals surface area contributed by atoms with Gasteiger partial charge in [-0.1, -0.05) is 18.2 Å². The maximum atomic E-state index is 12.3. The minimum Gasteiger partial charge on any atom is -0.378 e. The summed E-state index contributed by atoms with van der Waals surface area (Å²) in [6.45, 7) is 10.2. The number of benzene rings is 1. The number of anilines is 1. The molecule has 0 radical (unpaired) electrons. The zero-order chi connectivity index (χ0) is 19.5. The highest BCUT2D eigenvalue weighted by atomic mass is 16.5. The SMILES string of the molecule is Cc1ccc(CN2CCCC(c3cc(=O)[nH]c(N4CCOCC4)n3)C2)cc1C. The second-order valence-electron chi connectivity index (χ2n) is 8.09. The highest BCUT2D eigenvalue weighted by Gasteiger charge is 2.24. The average molecular weight is 383 g/mol. The van der Waals surface area contributed by atoms with Gasteiger partial charge in [0.2, 0.25) is 5.95 Å².